The molecule has 1 N–H and O–H groups in total. The van der Waals surface area contributed by atoms with Crippen molar-refractivity contribution in [3.8, 4) is 0 Å². The van der Waals surface area contributed by atoms with Crippen LogP contribution in [0, 0.1) is 11.3 Å². The molecule has 0 spiro atoms. The first-order valence-electron chi connectivity index (χ1n) is 6.13. The lowest BCUT2D eigenvalue weighted by molar-refractivity contribution is -0.129. The molecule has 0 aromatic heterocycles. The molecule has 16 heavy (non-hydrogen) atoms. The van der Waals surface area contributed by atoms with E-state index < -0.39 is 0 Å². The number of methoxy groups -OCH3 is 1. The summed E-state index contributed by atoms with van der Waals surface area (Å²) in [5.41, 5.74) is 0.262. The largest absolute Gasteiger partial charge is 0.384 e. The van der Waals surface area contributed by atoms with Crippen LogP contribution in [0.5, 0.6) is 0 Å². The van der Waals surface area contributed by atoms with Gasteiger partial charge in [-0.05, 0) is 25.8 Å². The number of hydrogen-bond acceptors (Lipinski definition) is 3. The lowest BCUT2D eigenvalue weighted by Crippen LogP contribution is -2.38. The van der Waals surface area contributed by atoms with Crippen molar-refractivity contribution in [3.05, 3.63) is 0 Å². The number of nitrogens with zero attached hydrogens (tertiary/aromatic N) is 1. The van der Waals surface area contributed by atoms with Crippen LogP contribution in [0.4, 0.5) is 0 Å². The second-order valence-electron chi connectivity index (χ2n) is 5.19. The molecule has 4 nitrogen and oxygen atoms in total. The van der Waals surface area contributed by atoms with Gasteiger partial charge in [0.05, 0.1) is 13.2 Å². The summed E-state index contributed by atoms with van der Waals surface area (Å²) in [5.74, 6) is 0.889. The molecule has 2 aliphatic rings. The summed E-state index contributed by atoms with van der Waals surface area (Å²) in [4.78, 5) is 13.9. The van der Waals surface area contributed by atoms with Crippen molar-refractivity contribution < 1.29 is 9.53 Å². The standard InChI is InChI=1S/C12H22N2O2/c1-13-6-11(15)14-7-10-4-3-5-12(10,8-14)9-16-2/h10,13H,3-9H2,1-2H3. The van der Waals surface area contributed by atoms with Crippen molar-refractivity contribution in [1.82, 2.24) is 10.2 Å². The maximum Gasteiger partial charge on any atom is 0.236 e. The van der Waals surface area contributed by atoms with Crippen molar-refractivity contribution in [2.75, 3.05) is 40.4 Å². The number of likely N-dealkylation sites (N-methyl/N-ethyl adjacent to an activating group) is 1. The molecule has 1 aliphatic heterocycles. The van der Waals surface area contributed by atoms with Gasteiger partial charge in [-0.15, -0.1) is 0 Å². The lowest BCUT2D eigenvalue weighted by atomic mass is 9.82. The van der Waals surface area contributed by atoms with Crippen molar-refractivity contribution >= 4 is 5.91 Å². The Hall–Kier alpha value is -0.610. The number of nitrogens with one attached hydrogen (secondary N) is 1. The van der Waals surface area contributed by atoms with Crippen LogP contribution in [-0.2, 0) is 9.53 Å². The van der Waals surface area contributed by atoms with E-state index >= 15 is 0 Å². The third kappa shape index (κ3) is 1.96. The number of amides is 1. The van der Waals surface area contributed by atoms with Gasteiger partial charge in [0, 0.05) is 25.6 Å². The summed E-state index contributed by atoms with van der Waals surface area (Å²) in [5, 5.41) is 2.93. The summed E-state index contributed by atoms with van der Waals surface area (Å²) in [6.07, 6.45) is 3.77. The van der Waals surface area contributed by atoms with Crippen LogP contribution >= 0.6 is 0 Å². The van der Waals surface area contributed by atoms with Gasteiger partial charge in [-0.1, -0.05) is 6.42 Å². The van der Waals surface area contributed by atoms with Gasteiger partial charge in [0.2, 0.25) is 5.91 Å². The van der Waals surface area contributed by atoms with Gasteiger partial charge >= 0.3 is 0 Å². The molecule has 0 aromatic rings. The maximum atomic E-state index is 11.8. The predicted molar refractivity (Wildman–Crippen MR) is 62.2 cm³/mol. The first-order valence-corrected chi connectivity index (χ1v) is 6.13. The minimum Gasteiger partial charge on any atom is -0.384 e. The average Bonchev–Trinajstić information content (AvgIpc) is 2.74. The number of ether oxygens (including phenoxy) is 1. The van der Waals surface area contributed by atoms with E-state index in [1.165, 1.54) is 19.3 Å². The minimum absolute atomic E-state index is 0.229. The van der Waals surface area contributed by atoms with E-state index in [0.29, 0.717) is 12.5 Å². The number of carbonyl (C=O) groups is 1. The fourth-order valence-electron chi connectivity index (χ4n) is 3.39. The molecule has 1 saturated heterocycles. The molecule has 0 radical (unpaired) electrons. The van der Waals surface area contributed by atoms with Crippen molar-refractivity contribution in [2.45, 2.75) is 19.3 Å². The van der Waals surface area contributed by atoms with E-state index in [1.54, 1.807) is 7.11 Å². The number of likely N-dealkylation sites (tertiary alicyclic amines) is 1. The van der Waals surface area contributed by atoms with Gasteiger partial charge in [0.25, 0.3) is 0 Å². The molecule has 2 fully saturated rings. The summed E-state index contributed by atoms with van der Waals surface area (Å²) >= 11 is 0. The third-order valence-electron chi connectivity index (χ3n) is 4.15. The van der Waals surface area contributed by atoms with Gasteiger partial charge in [-0.25, -0.2) is 0 Å². The fraction of sp³-hybridized carbons (Fsp3) is 0.917. The Labute approximate surface area is 97.3 Å². The fourth-order valence-corrected chi connectivity index (χ4v) is 3.39. The second kappa shape index (κ2) is 4.72. The van der Waals surface area contributed by atoms with Crippen LogP contribution in [0.25, 0.3) is 0 Å². The molecule has 1 amide bonds. The first-order chi connectivity index (χ1) is 7.72. The Kier molecular flexibility index (Phi) is 3.50. The van der Waals surface area contributed by atoms with Crippen LogP contribution < -0.4 is 5.32 Å². The van der Waals surface area contributed by atoms with Gasteiger partial charge in [-0.2, -0.15) is 0 Å². The molecule has 4 heteroatoms. The lowest BCUT2D eigenvalue weighted by Gasteiger charge is -2.27. The SMILES string of the molecule is CNCC(=O)N1CC2CCCC2(COC)C1. The Balaban J connectivity index is 2.01. The van der Waals surface area contributed by atoms with E-state index in [0.717, 1.165) is 19.7 Å². The van der Waals surface area contributed by atoms with Gasteiger partial charge in [0.1, 0.15) is 0 Å². The molecule has 92 valence electrons. The Morgan fingerprint density at radius 3 is 3.12 bits per heavy atom. The zero-order chi connectivity index (χ0) is 11.6. The Morgan fingerprint density at radius 1 is 1.62 bits per heavy atom. The van der Waals surface area contributed by atoms with Crippen LogP contribution in [0.1, 0.15) is 19.3 Å². The molecule has 1 heterocycles. The van der Waals surface area contributed by atoms with Gasteiger partial charge < -0.3 is 15.0 Å². The van der Waals surface area contributed by atoms with Crippen molar-refractivity contribution in [2.24, 2.45) is 11.3 Å². The Morgan fingerprint density at radius 2 is 2.44 bits per heavy atom. The first kappa shape index (κ1) is 11.9. The number of carbonyl (C=O) groups excluding carboxylic acids is 1. The highest BCUT2D eigenvalue weighted by Crippen LogP contribution is 2.48. The second-order valence-corrected chi connectivity index (χ2v) is 5.19. The summed E-state index contributed by atoms with van der Waals surface area (Å²) < 4.78 is 5.36. The average molecular weight is 226 g/mol. The highest BCUT2D eigenvalue weighted by Gasteiger charge is 2.50. The molecule has 2 rings (SSSR count). The smallest absolute Gasteiger partial charge is 0.236 e. The summed E-state index contributed by atoms with van der Waals surface area (Å²) in [6.45, 7) is 3.09. The van der Waals surface area contributed by atoms with Gasteiger partial charge in [0.15, 0.2) is 0 Å². The molecule has 0 aromatic carbocycles. The van der Waals surface area contributed by atoms with Crippen molar-refractivity contribution in [1.29, 1.82) is 0 Å². The van der Waals surface area contributed by atoms with Crippen LogP contribution in [0.3, 0.4) is 0 Å². The maximum absolute atomic E-state index is 11.8. The normalized spacial score (nSPS) is 33.1. The molecule has 2 unspecified atom stereocenters. The molecular weight excluding hydrogens is 204 g/mol. The van der Waals surface area contributed by atoms with E-state index in [4.69, 9.17) is 4.74 Å². The highest BCUT2D eigenvalue weighted by molar-refractivity contribution is 5.78. The zero-order valence-corrected chi connectivity index (χ0v) is 10.3. The molecule has 1 saturated carbocycles. The topological polar surface area (TPSA) is 41.6 Å². The zero-order valence-electron chi connectivity index (χ0n) is 10.3. The van der Waals surface area contributed by atoms with E-state index in [-0.39, 0.29) is 11.3 Å². The number of hydrogen-bond donors (Lipinski definition) is 1. The molecule has 0 bridgehead atoms. The van der Waals surface area contributed by atoms with Gasteiger partial charge in [-0.3, -0.25) is 4.79 Å². The highest BCUT2D eigenvalue weighted by atomic mass is 16.5. The number of rotatable bonds is 4. The minimum atomic E-state index is 0.229. The van der Waals surface area contributed by atoms with Crippen LogP contribution in [0.15, 0.2) is 0 Å². The van der Waals surface area contributed by atoms with Crippen molar-refractivity contribution in [3.63, 3.8) is 0 Å². The summed E-state index contributed by atoms with van der Waals surface area (Å²) in [6, 6.07) is 0. The summed E-state index contributed by atoms with van der Waals surface area (Å²) in [7, 11) is 3.59. The molecular formula is C12H22N2O2. The number of fused-ring (bicyclic) bond motifs is 1. The van der Waals surface area contributed by atoms with E-state index in [2.05, 4.69) is 5.32 Å². The molecule has 1 aliphatic carbocycles. The monoisotopic (exact) mass is 226 g/mol. The third-order valence-corrected chi connectivity index (χ3v) is 4.15. The Bertz CT molecular complexity index is 270. The quantitative estimate of drug-likeness (QED) is 0.758. The molecule has 2 atom stereocenters. The predicted octanol–water partition coefficient (Wildman–Crippen LogP) is 0.481. The van der Waals surface area contributed by atoms with Crippen LogP contribution in [0.2, 0.25) is 0 Å². The van der Waals surface area contributed by atoms with E-state index in [9.17, 15) is 4.79 Å². The van der Waals surface area contributed by atoms with E-state index in [1.807, 2.05) is 11.9 Å². The van der Waals surface area contributed by atoms with Crippen LogP contribution in [-0.4, -0.2) is 51.2 Å².